The summed E-state index contributed by atoms with van der Waals surface area (Å²) in [5.41, 5.74) is 2.37. The number of imide groups is 1. The summed E-state index contributed by atoms with van der Waals surface area (Å²) in [7, 11) is 1.60. The molecule has 1 aliphatic rings. The van der Waals surface area contributed by atoms with Crippen LogP contribution >= 0.6 is 22.6 Å². The summed E-state index contributed by atoms with van der Waals surface area (Å²) >= 11 is 2.05. The fraction of sp³-hybridized carbons (Fsp3) is 0.233. The molecule has 1 aliphatic heterocycles. The molecule has 5 rings (SSSR count). The average Bonchev–Trinajstić information content (AvgIpc) is 3.55. The van der Waals surface area contributed by atoms with Crippen LogP contribution in [0.25, 0.3) is 11.3 Å². The lowest BCUT2D eigenvalue weighted by molar-refractivity contribution is -0.129. The Morgan fingerprint density at radius 2 is 1.80 bits per heavy atom. The number of hydrogen-bond donors (Lipinski definition) is 2. The van der Waals surface area contributed by atoms with Crippen LogP contribution in [0.15, 0.2) is 79.0 Å². The summed E-state index contributed by atoms with van der Waals surface area (Å²) in [6.45, 7) is 2.80. The van der Waals surface area contributed by atoms with Gasteiger partial charge in [-0.25, -0.2) is 14.2 Å². The van der Waals surface area contributed by atoms with Crippen LogP contribution in [0.2, 0.25) is 0 Å². The molecule has 8 nitrogen and oxygen atoms in total. The summed E-state index contributed by atoms with van der Waals surface area (Å²) in [4.78, 5) is 36.2. The van der Waals surface area contributed by atoms with Crippen LogP contribution in [0.4, 0.5) is 9.18 Å². The van der Waals surface area contributed by atoms with Crippen molar-refractivity contribution in [2.75, 3.05) is 20.3 Å². The van der Waals surface area contributed by atoms with Crippen LogP contribution in [0.3, 0.4) is 0 Å². The Labute approximate surface area is 245 Å². The lowest BCUT2D eigenvalue weighted by Crippen LogP contribution is -2.38. The van der Waals surface area contributed by atoms with E-state index in [-0.39, 0.29) is 11.7 Å². The van der Waals surface area contributed by atoms with Gasteiger partial charge in [-0.1, -0.05) is 49.4 Å². The zero-order chi connectivity index (χ0) is 28.2. The van der Waals surface area contributed by atoms with E-state index in [2.05, 4.69) is 37.9 Å². The van der Waals surface area contributed by atoms with Gasteiger partial charge in [0, 0.05) is 22.2 Å². The van der Waals surface area contributed by atoms with Gasteiger partial charge < -0.3 is 19.8 Å². The standard InChI is InChI=1S/C30H28FIN4O4/c1-18(19-6-4-3-5-7-19)27(28-33-17-25(34-28)23-13-10-21(32)16-24(23)31)36-29(37)26(35-30(36)38)20-8-11-22(12-9-20)40-15-14-39-2/h3-13,16-18,26-27H,14-15H2,1-2H3,(H,33,34)(H,35,38)/t18-,26+,27-/m0/s1. The summed E-state index contributed by atoms with van der Waals surface area (Å²) in [6.07, 6.45) is 1.53. The first kappa shape index (κ1) is 27.8. The molecule has 0 bridgehead atoms. The van der Waals surface area contributed by atoms with Crippen molar-refractivity contribution in [3.8, 4) is 17.0 Å². The number of rotatable bonds is 10. The van der Waals surface area contributed by atoms with E-state index >= 15 is 0 Å². The Morgan fingerprint density at radius 1 is 1.05 bits per heavy atom. The Balaban J connectivity index is 1.47. The molecule has 0 spiro atoms. The predicted molar refractivity (Wildman–Crippen MR) is 156 cm³/mol. The third kappa shape index (κ3) is 5.73. The Hall–Kier alpha value is -3.77. The number of methoxy groups -OCH3 is 1. The summed E-state index contributed by atoms with van der Waals surface area (Å²) in [5, 5.41) is 2.83. The number of amides is 3. The van der Waals surface area contributed by atoms with Gasteiger partial charge in [-0.2, -0.15) is 0 Å². The van der Waals surface area contributed by atoms with E-state index in [0.29, 0.717) is 41.6 Å². The van der Waals surface area contributed by atoms with Gasteiger partial charge in [0.15, 0.2) is 0 Å². The van der Waals surface area contributed by atoms with Crippen LogP contribution in [0, 0.1) is 9.39 Å². The highest BCUT2D eigenvalue weighted by Gasteiger charge is 2.46. The molecular weight excluding hydrogens is 626 g/mol. The van der Waals surface area contributed by atoms with Gasteiger partial charge in [-0.3, -0.25) is 9.69 Å². The maximum Gasteiger partial charge on any atom is 0.325 e. The highest BCUT2D eigenvalue weighted by atomic mass is 127. The monoisotopic (exact) mass is 654 g/mol. The van der Waals surface area contributed by atoms with Crippen molar-refractivity contribution in [2.24, 2.45) is 0 Å². The fourth-order valence-corrected chi connectivity index (χ4v) is 5.29. The Bertz CT molecular complexity index is 1500. The highest BCUT2D eigenvalue weighted by Crippen LogP contribution is 2.39. The molecule has 206 valence electrons. The zero-order valence-electron chi connectivity index (χ0n) is 21.9. The zero-order valence-corrected chi connectivity index (χ0v) is 24.1. The molecule has 0 aliphatic carbocycles. The second-order valence-corrected chi connectivity index (χ2v) is 10.7. The summed E-state index contributed by atoms with van der Waals surface area (Å²) in [6, 6.07) is 19.4. The lowest BCUT2D eigenvalue weighted by atomic mass is 9.91. The van der Waals surface area contributed by atoms with Gasteiger partial charge in [-0.05, 0) is 64.0 Å². The molecule has 2 N–H and O–H groups in total. The van der Waals surface area contributed by atoms with Crippen LogP contribution < -0.4 is 10.1 Å². The molecule has 3 amide bonds. The second-order valence-electron chi connectivity index (χ2n) is 9.45. The number of H-pyrrole nitrogens is 1. The number of carbonyl (C=O) groups is 2. The molecule has 3 atom stereocenters. The molecule has 2 heterocycles. The minimum Gasteiger partial charge on any atom is -0.491 e. The lowest BCUT2D eigenvalue weighted by Gasteiger charge is -2.29. The summed E-state index contributed by atoms with van der Waals surface area (Å²) in [5.74, 6) is -0.0817. The van der Waals surface area contributed by atoms with E-state index in [0.717, 1.165) is 9.13 Å². The number of aromatic nitrogens is 2. The number of imidazole rings is 1. The van der Waals surface area contributed by atoms with Crippen molar-refractivity contribution in [3.05, 3.63) is 105 Å². The van der Waals surface area contributed by atoms with Crippen molar-refractivity contribution in [1.82, 2.24) is 20.2 Å². The largest absolute Gasteiger partial charge is 0.491 e. The first-order valence-electron chi connectivity index (χ1n) is 12.8. The number of benzene rings is 3. The molecule has 1 saturated heterocycles. The molecule has 10 heteroatoms. The van der Waals surface area contributed by atoms with Crippen molar-refractivity contribution in [1.29, 1.82) is 0 Å². The van der Waals surface area contributed by atoms with Crippen LogP contribution in [0.5, 0.6) is 5.75 Å². The minimum atomic E-state index is -0.867. The van der Waals surface area contributed by atoms with Crippen LogP contribution in [0.1, 0.15) is 41.9 Å². The number of urea groups is 1. The number of halogens is 2. The third-order valence-electron chi connectivity index (χ3n) is 6.91. The SMILES string of the molecule is COCCOc1ccc([C@H]2NC(=O)N([C@H](c3ncc(-c4ccc(I)cc4F)[nH]3)[C@@H](C)c3ccccc3)C2=O)cc1. The van der Waals surface area contributed by atoms with Crippen molar-refractivity contribution in [3.63, 3.8) is 0 Å². The van der Waals surface area contributed by atoms with E-state index in [9.17, 15) is 14.0 Å². The normalized spacial score (nSPS) is 16.6. The Morgan fingerprint density at radius 3 is 2.50 bits per heavy atom. The first-order chi connectivity index (χ1) is 19.4. The molecule has 0 radical (unpaired) electrons. The van der Waals surface area contributed by atoms with Gasteiger partial charge >= 0.3 is 6.03 Å². The van der Waals surface area contributed by atoms with E-state index in [1.165, 1.54) is 17.2 Å². The smallest absolute Gasteiger partial charge is 0.325 e. The van der Waals surface area contributed by atoms with E-state index in [1.54, 1.807) is 43.5 Å². The van der Waals surface area contributed by atoms with E-state index in [4.69, 9.17) is 9.47 Å². The van der Waals surface area contributed by atoms with Crippen molar-refractivity contribution >= 4 is 34.5 Å². The number of aromatic amines is 1. The second kappa shape index (κ2) is 12.2. The number of ether oxygens (including phenoxy) is 2. The molecule has 40 heavy (non-hydrogen) atoms. The fourth-order valence-electron chi connectivity index (χ4n) is 4.84. The molecule has 3 aromatic carbocycles. The minimum absolute atomic E-state index is 0.313. The molecular formula is C30H28FIN4O4. The number of hydrogen-bond acceptors (Lipinski definition) is 5. The maximum atomic E-state index is 14.8. The van der Waals surface area contributed by atoms with Gasteiger partial charge in [0.25, 0.3) is 5.91 Å². The molecule has 1 aromatic heterocycles. The van der Waals surface area contributed by atoms with E-state index in [1.807, 2.05) is 37.3 Å². The van der Waals surface area contributed by atoms with Crippen LogP contribution in [-0.2, 0) is 9.53 Å². The topological polar surface area (TPSA) is 96.6 Å². The quantitative estimate of drug-likeness (QED) is 0.125. The average molecular weight is 654 g/mol. The molecule has 0 unspecified atom stereocenters. The highest BCUT2D eigenvalue weighted by molar-refractivity contribution is 14.1. The Kier molecular flexibility index (Phi) is 8.46. The first-order valence-corrected chi connectivity index (χ1v) is 13.9. The maximum absolute atomic E-state index is 14.8. The van der Waals surface area contributed by atoms with Gasteiger partial charge in [0.05, 0.1) is 18.5 Å². The molecule has 0 saturated carbocycles. The summed E-state index contributed by atoms with van der Waals surface area (Å²) < 4.78 is 26.1. The van der Waals surface area contributed by atoms with Crippen molar-refractivity contribution < 1.29 is 23.5 Å². The van der Waals surface area contributed by atoms with Crippen molar-refractivity contribution in [2.45, 2.75) is 24.9 Å². The van der Waals surface area contributed by atoms with Gasteiger partial charge in [-0.15, -0.1) is 0 Å². The van der Waals surface area contributed by atoms with Gasteiger partial charge in [0.2, 0.25) is 0 Å². The molecule has 1 fully saturated rings. The van der Waals surface area contributed by atoms with Crippen LogP contribution in [-0.4, -0.2) is 47.1 Å². The number of nitrogens with zero attached hydrogens (tertiary/aromatic N) is 2. The number of nitrogens with one attached hydrogen (secondary N) is 2. The molecule has 4 aromatic rings. The number of carbonyl (C=O) groups excluding carboxylic acids is 2. The third-order valence-corrected chi connectivity index (χ3v) is 7.59. The van der Waals surface area contributed by atoms with Gasteiger partial charge in [0.1, 0.15) is 36.1 Å². The predicted octanol–water partition coefficient (Wildman–Crippen LogP) is 5.98. The van der Waals surface area contributed by atoms with E-state index < -0.39 is 24.0 Å².